The first-order valence-corrected chi connectivity index (χ1v) is 12.8. The molecule has 0 aromatic heterocycles. The summed E-state index contributed by atoms with van der Waals surface area (Å²) >= 11 is 6.45. The number of halogens is 1. The number of rotatable bonds is 10. The van der Waals surface area contributed by atoms with Crippen LogP contribution in [0.15, 0.2) is 79.4 Å². The summed E-state index contributed by atoms with van der Waals surface area (Å²) in [6, 6.07) is 19.1. The number of para-hydroxylation sites is 1. The molecular formula is C31H33ClN2O5. The van der Waals surface area contributed by atoms with Crippen LogP contribution in [0.3, 0.4) is 0 Å². The second-order valence-electron chi connectivity index (χ2n) is 9.88. The van der Waals surface area contributed by atoms with Crippen molar-refractivity contribution in [2.75, 3.05) is 12.4 Å². The Balaban J connectivity index is 1.95. The Hall–Kier alpha value is -4.10. The lowest BCUT2D eigenvalue weighted by Crippen LogP contribution is -2.36. The van der Waals surface area contributed by atoms with Crippen molar-refractivity contribution in [2.45, 2.75) is 45.9 Å². The highest BCUT2D eigenvalue weighted by Gasteiger charge is 2.27. The third-order valence-electron chi connectivity index (χ3n) is 5.75. The third kappa shape index (κ3) is 8.19. The predicted octanol–water partition coefficient (Wildman–Crippen LogP) is 6.84. The largest absolute Gasteiger partial charge is 0.497 e. The van der Waals surface area contributed by atoms with Crippen LogP contribution in [0.5, 0.6) is 5.75 Å². The molecule has 0 radical (unpaired) electrons. The second-order valence-corrected chi connectivity index (χ2v) is 10.3. The van der Waals surface area contributed by atoms with Crippen LogP contribution in [0.1, 0.15) is 47.8 Å². The molecule has 0 saturated carbocycles. The van der Waals surface area contributed by atoms with E-state index in [1.165, 1.54) is 11.0 Å². The number of benzene rings is 3. The molecule has 8 heteroatoms. The van der Waals surface area contributed by atoms with Gasteiger partial charge in [-0.15, -0.1) is 6.58 Å². The van der Waals surface area contributed by atoms with Crippen LogP contribution in [0.4, 0.5) is 10.5 Å². The Morgan fingerprint density at radius 3 is 2.31 bits per heavy atom. The molecule has 0 aliphatic heterocycles. The SMILES string of the molecule is C=CCc1c(Cl)cccc1CN(Cc1ccc(OC)cc1)C(=O)C(=O)c1ccccc1NC(=O)OC(C)(C)C. The van der Waals surface area contributed by atoms with E-state index in [2.05, 4.69) is 11.9 Å². The van der Waals surface area contributed by atoms with Gasteiger partial charge in [0.25, 0.3) is 11.7 Å². The highest BCUT2D eigenvalue weighted by molar-refractivity contribution is 6.44. The summed E-state index contributed by atoms with van der Waals surface area (Å²) in [5.41, 5.74) is 1.96. The number of nitrogens with zero attached hydrogens (tertiary/aromatic N) is 1. The van der Waals surface area contributed by atoms with Crippen LogP contribution >= 0.6 is 11.6 Å². The topological polar surface area (TPSA) is 84.9 Å². The van der Waals surface area contributed by atoms with Crippen molar-refractivity contribution < 1.29 is 23.9 Å². The molecule has 7 nitrogen and oxygen atoms in total. The molecule has 2 amide bonds. The zero-order valence-electron chi connectivity index (χ0n) is 22.6. The molecule has 0 bridgehead atoms. The van der Waals surface area contributed by atoms with Gasteiger partial charge in [-0.05, 0) is 74.2 Å². The Kier molecular flexibility index (Phi) is 9.90. The molecule has 0 atom stereocenters. The first-order chi connectivity index (χ1) is 18.5. The lowest BCUT2D eigenvalue weighted by molar-refractivity contribution is -0.127. The van der Waals surface area contributed by atoms with Gasteiger partial charge in [0.05, 0.1) is 18.4 Å². The average molecular weight is 549 g/mol. The quantitative estimate of drug-likeness (QED) is 0.170. The molecule has 0 fully saturated rings. The van der Waals surface area contributed by atoms with E-state index >= 15 is 0 Å². The average Bonchev–Trinajstić information content (AvgIpc) is 2.89. The fourth-order valence-electron chi connectivity index (χ4n) is 3.94. The van der Waals surface area contributed by atoms with Crippen LogP contribution in [-0.2, 0) is 29.0 Å². The molecule has 3 aromatic rings. The van der Waals surface area contributed by atoms with Crippen LogP contribution in [0.2, 0.25) is 5.02 Å². The number of hydrogen-bond acceptors (Lipinski definition) is 5. The smallest absolute Gasteiger partial charge is 0.412 e. The molecule has 0 heterocycles. The van der Waals surface area contributed by atoms with Crippen molar-refractivity contribution in [2.24, 2.45) is 0 Å². The Labute approximate surface area is 234 Å². The zero-order valence-corrected chi connectivity index (χ0v) is 23.4. The maximum Gasteiger partial charge on any atom is 0.412 e. The van der Waals surface area contributed by atoms with Crippen molar-refractivity contribution in [1.82, 2.24) is 4.90 Å². The van der Waals surface area contributed by atoms with Crippen LogP contribution < -0.4 is 10.1 Å². The number of methoxy groups -OCH3 is 1. The van der Waals surface area contributed by atoms with Gasteiger partial charge < -0.3 is 14.4 Å². The number of anilines is 1. The molecule has 0 spiro atoms. The van der Waals surface area contributed by atoms with Gasteiger partial charge >= 0.3 is 6.09 Å². The summed E-state index contributed by atoms with van der Waals surface area (Å²) in [6.07, 6.45) is 1.53. The van der Waals surface area contributed by atoms with Gasteiger partial charge in [-0.2, -0.15) is 0 Å². The van der Waals surface area contributed by atoms with E-state index in [0.717, 1.165) is 16.7 Å². The number of amides is 2. The summed E-state index contributed by atoms with van der Waals surface area (Å²) in [4.78, 5) is 41.2. The lowest BCUT2D eigenvalue weighted by Gasteiger charge is -2.25. The molecule has 0 aliphatic carbocycles. The molecule has 1 N–H and O–H groups in total. The number of carbonyl (C=O) groups excluding carboxylic acids is 3. The number of hydrogen-bond donors (Lipinski definition) is 1. The van der Waals surface area contributed by atoms with Gasteiger partial charge in [-0.3, -0.25) is 14.9 Å². The van der Waals surface area contributed by atoms with Gasteiger partial charge in [0.2, 0.25) is 0 Å². The van der Waals surface area contributed by atoms with E-state index in [-0.39, 0.29) is 24.3 Å². The number of nitrogens with one attached hydrogen (secondary N) is 1. The Morgan fingerprint density at radius 1 is 0.974 bits per heavy atom. The fraction of sp³-hybridized carbons (Fsp3) is 0.258. The molecule has 204 valence electrons. The molecule has 0 unspecified atom stereocenters. The van der Waals surface area contributed by atoms with E-state index in [9.17, 15) is 14.4 Å². The molecule has 3 aromatic carbocycles. The fourth-order valence-corrected chi connectivity index (χ4v) is 4.21. The minimum absolute atomic E-state index is 0.0606. The molecule has 3 rings (SSSR count). The monoisotopic (exact) mass is 548 g/mol. The summed E-state index contributed by atoms with van der Waals surface area (Å²) in [7, 11) is 1.58. The van der Waals surface area contributed by atoms with Gasteiger partial charge in [0, 0.05) is 18.1 Å². The molecule has 39 heavy (non-hydrogen) atoms. The third-order valence-corrected chi connectivity index (χ3v) is 6.10. The molecule has 0 aliphatic rings. The minimum atomic E-state index is -0.762. The Bertz CT molecular complexity index is 1350. The predicted molar refractivity (Wildman–Crippen MR) is 153 cm³/mol. The summed E-state index contributed by atoms with van der Waals surface area (Å²) < 4.78 is 10.6. The van der Waals surface area contributed by atoms with Gasteiger partial charge in [0.1, 0.15) is 11.4 Å². The van der Waals surface area contributed by atoms with Crippen molar-refractivity contribution in [3.05, 3.63) is 107 Å². The van der Waals surface area contributed by atoms with Crippen molar-refractivity contribution in [3.63, 3.8) is 0 Å². The second kappa shape index (κ2) is 13.1. The van der Waals surface area contributed by atoms with Crippen LogP contribution in [0, 0.1) is 0 Å². The number of ether oxygens (including phenoxy) is 2. The van der Waals surface area contributed by atoms with Crippen LogP contribution in [0.25, 0.3) is 0 Å². The number of ketones is 1. The maximum absolute atomic E-state index is 13.8. The first kappa shape index (κ1) is 29.5. The summed E-state index contributed by atoms with van der Waals surface area (Å²) in [6.45, 7) is 9.32. The minimum Gasteiger partial charge on any atom is -0.497 e. The number of allylic oxidation sites excluding steroid dienone is 1. The van der Waals surface area contributed by atoms with Crippen LogP contribution in [-0.4, -0.2) is 35.4 Å². The van der Waals surface area contributed by atoms with Gasteiger partial charge in [-0.25, -0.2) is 4.79 Å². The van der Waals surface area contributed by atoms with Gasteiger partial charge in [0.15, 0.2) is 0 Å². The zero-order chi connectivity index (χ0) is 28.6. The standard InChI is InChI=1S/C31H33ClN2O5/c1-6-10-24-22(11-9-13-26(24)32)20-34(19-21-15-17-23(38-5)18-16-21)29(36)28(35)25-12-7-8-14-27(25)33-30(37)39-31(2,3)4/h6-9,11-18H,1,10,19-20H2,2-5H3,(H,33,37). The van der Waals surface area contributed by atoms with Crippen molar-refractivity contribution in [3.8, 4) is 5.75 Å². The van der Waals surface area contributed by atoms with E-state index in [0.29, 0.717) is 17.2 Å². The van der Waals surface area contributed by atoms with Gasteiger partial charge in [-0.1, -0.05) is 54.1 Å². The first-order valence-electron chi connectivity index (χ1n) is 12.4. The number of Topliss-reactive ketones (excluding diaryl/α,β-unsaturated/α-hetero) is 1. The normalized spacial score (nSPS) is 10.9. The lowest BCUT2D eigenvalue weighted by atomic mass is 10.0. The molecular weight excluding hydrogens is 516 g/mol. The van der Waals surface area contributed by atoms with E-state index < -0.39 is 23.4 Å². The summed E-state index contributed by atoms with van der Waals surface area (Å²) in [5.74, 6) is -0.811. The van der Waals surface area contributed by atoms with E-state index in [1.54, 1.807) is 70.4 Å². The van der Waals surface area contributed by atoms with E-state index in [4.69, 9.17) is 21.1 Å². The van der Waals surface area contributed by atoms with Crippen molar-refractivity contribution in [1.29, 1.82) is 0 Å². The number of carbonyl (C=O) groups is 3. The highest BCUT2D eigenvalue weighted by Crippen LogP contribution is 2.25. The van der Waals surface area contributed by atoms with E-state index in [1.807, 2.05) is 24.3 Å². The summed E-state index contributed by atoms with van der Waals surface area (Å²) in [5, 5.41) is 3.15. The highest BCUT2D eigenvalue weighted by atomic mass is 35.5. The Morgan fingerprint density at radius 2 is 1.67 bits per heavy atom. The molecule has 0 saturated heterocycles. The maximum atomic E-state index is 13.8. The van der Waals surface area contributed by atoms with Crippen molar-refractivity contribution >= 4 is 35.1 Å².